The van der Waals surface area contributed by atoms with Crippen molar-refractivity contribution in [2.75, 3.05) is 12.3 Å². The summed E-state index contributed by atoms with van der Waals surface area (Å²) in [6, 6.07) is 7.07. The van der Waals surface area contributed by atoms with Gasteiger partial charge in [-0.1, -0.05) is 12.1 Å². The van der Waals surface area contributed by atoms with Crippen LogP contribution in [0, 0.1) is 0 Å². The molecule has 0 bridgehead atoms. The summed E-state index contributed by atoms with van der Waals surface area (Å²) in [5, 5.41) is 0. The van der Waals surface area contributed by atoms with Crippen molar-refractivity contribution >= 4 is 17.5 Å². The monoisotopic (exact) mass is 285 g/mol. The van der Waals surface area contributed by atoms with E-state index in [-0.39, 0.29) is 18.8 Å². The van der Waals surface area contributed by atoms with Crippen LogP contribution in [0.15, 0.2) is 42.9 Å². The number of benzene rings is 1. The van der Waals surface area contributed by atoms with Crippen molar-refractivity contribution < 1.29 is 9.59 Å². The number of carbonyl (C=O) groups is 2. The Morgan fingerprint density at radius 1 is 1.24 bits per heavy atom. The fourth-order valence-corrected chi connectivity index (χ4v) is 1.87. The van der Waals surface area contributed by atoms with E-state index in [4.69, 9.17) is 11.5 Å². The molecule has 0 aliphatic carbocycles. The predicted molar refractivity (Wildman–Crippen MR) is 76.8 cm³/mol. The lowest BCUT2D eigenvalue weighted by Crippen LogP contribution is -2.38. The van der Waals surface area contributed by atoms with Crippen molar-refractivity contribution in [1.29, 1.82) is 0 Å². The molecule has 7 heteroatoms. The number of nitrogen functional groups attached to an aromatic ring is 1. The number of anilines is 1. The summed E-state index contributed by atoms with van der Waals surface area (Å²) in [7, 11) is 0. The Hall–Kier alpha value is -2.96. The molecule has 0 saturated heterocycles. The SMILES string of the molecule is NC(=O)CN(Cc1cccc(N)c1)C(=O)c1cnccn1. The summed E-state index contributed by atoms with van der Waals surface area (Å²) >= 11 is 0. The third-order valence-corrected chi connectivity index (χ3v) is 2.74. The molecule has 2 aromatic rings. The molecule has 0 spiro atoms. The van der Waals surface area contributed by atoms with E-state index in [1.807, 2.05) is 6.07 Å². The van der Waals surface area contributed by atoms with Crippen LogP contribution < -0.4 is 11.5 Å². The van der Waals surface area contributed by atoms with Gasteiger partial charge in [0.05, 0.1) is 6.20 Å². The number of nitrogens with zero attached hydrogens (tertiary/aromatic N) is 3. The summed E-state index contributed by atoms with van der Waals surface area (Å²) in [5.74, 6) is -1.01. The van der Waals surface area contributed by atoms with Crippen molar-refractivity contribution in [2.45, 2.75) is 6.54 Å². The first kappa shape index (κ1) is 14.4. The quantitative estimate of drug-likeness (QED) is 0.761. The molecule has 108 valence electrons. The first-order chi connectivity index (χ1) is 10.1. The van der Waals surface area contributed by atoms with Gasteiger partial charge in [-0.3, -0.25) is 14.6 Å². The summed E-state index contributed by atoms with van der Waals surface area (Å²) in [6.07, 6.45) is 4.22. The molecule has 1 aromatic heterocycles. The van der Waals surface area contributed by atoms with Crippen LogP contribution in [0.2, 0.25) is 0 Å². The zero-order chi connectivity index (χ0) is 15.2. The van der Waals surface area contributed by atoms with Gasteiger partial charge in [-0.15, -0.1) is 0 Å². The maximum Gasteiger partial charge on any atom is 0.274 e. The highest BCUT2D eigenvalue weighted by molar-refractivity contribution is 5.94. The minimum Gasteiger partial charge on any atom is -0.399 e. The highest BCUT2D eigenvalue weighted by Gasteiger charge is 2.19. The van der Waals surface area contributed by atoms with Crippen LogP contribution in [0.1, 0.15) is 16.1 Å². The fourth-order valence-electron chi connectivity index (χ4n) is 1.87. The summed E-state index contributed by atoms with van der Waals surface area (Å²) in [4.78, 5) is 32.6. The molecule has 0 radical (unpaired) electrons. The normalized spacial score (nSPS) is 10.1. The van der Waals surface area contributed by atoms with Gasteiger partial charge < -0.3 is 16.4 Å². The van der Waals surface area contributed by atoms with Gasteiger partial charge in [-0.2, -0.15) is 0 Å². The fraction of sp³-hybridized carbons (Fsp3) is 0.143. The number of carbonyl (C=O) groups excluding carboxylic acids is 2. The van der Waals surface area contributed by atoms with Crippen molar-refractivity contribution in [3.63, 3.8) is 0 Å². The van der Waals surface area contributed by atoms with E-state index >= 15 is 0 Å². The molecule has 7 nitrogen and oxygen atoms in total. The van der Waals surface area contributed by atoms with Gasteiger partial charge in [0.2, 0.25) is 5.91 Å². The molecule has 2 amide bonds. The van der Waals surface area contributed by atoms with Crippen LogP contribution in [0.4, 0.5) is 5.69 Å². The van der Waals surface area contributed by atoms with Gasteiger partial charge in [-0.05, 0) is 17.7 Å². The molecule has 0 aliphatic heterocycles. The number of hydrogen-bond acceptors (Lipinski definition) is 5. The summed E-state index contributed by atoms with van der Waals surface area (Å²) < 4.78 is 0. The second kappa shape index (κ2) is 6.47. The third kappa shape index (κ3) is 4.00. The number of amides is 2. The van der Waals surface area contributed by atoms with Crippen LogP contribution in [0.25, 0.3) is 0 Å². The van der Waals surface area contributed by atoms with E-state index in [0.29, 0.717) is 5.69 Å². The Kier molecular flexibility index (Phi) is 4.45. The minimum absolute atomic E-state index is 0.155. The van der Waals surface area contributed by atoms with Gasteiger partial charge in [0, 0.05) is 24.6 Å². The molecule has 4 N–H and O–H groups in total. The Morgan fingerprint density at radius 3 is 2.67 bits per heavy atom. The molecule has 1 aromatic carbocycles. The second-order valence-corrected chi connectivity index (χ2v) is 4.46. The first-order valence-corrected chi connectivity index (χ1v) is 6.24. The lowest BCUT2D eigenvalue weighted by Gasteiger charge is -2.20. The standard InChI is InChI=1S/C14H15N5O2/c15-11-3-1-2-10(6-11)8-19(9-13(16)20)14(21)12-7-17-4-5-18-12/h1-7H,8-9,15H2,(H2,16,20). The lowest BCUT2D eigenvalue weighted by molar-refractivity contribution is -0.118. The van der Waals surface area contributed by atoms with E-state index in [2.05, 4.69) is 9.97 Å². The first-order valence-electron chi connectivity index (χ1n) is 6.24. The van der Waals surface area contributed by atoms with Gasteiger partial charge in [0.1, 0.15) is 12.2 Å². The van der Waals surface area contributed by atoms with E-state index in [0.717, 1.165) is 5.56 Å². The Balaban J connectivity index is 2.22. The average Bonchev–Trinajstić information content (AvgIpc) is 2.46. The topological polar surface area (TPSA) is 115 Å². The van der Waals surface area contributed by atoms with Crippen molar-refractivity contribution in [1.82, 2.24) is 14.9 Å². The highest BCUT2D eigenvalue weighted by atomic mass is 16.2. The molecule has 0 atom stereocenters. The number of aromatic nitrogens is 2. The minimum atomic E-state index is -0.601. The Morgan fingerprint density at radius 2 is 2.05 bits per heavy atom. The molecule has 0 aliphatic rings. The molecular weight excluding hydrogens is 270 g/mol. The average molecular weight is 285 g/mol. The van der Waals surface area contributed by atoms with Crippen LogP contribution in [0.3, 0.4) is 0 Å². The Labute approximate surface area is 121 Å². The smallest absolute Gasteiger partial charge is 0.274 e. The molecule has 0 unspecified atom stereocenters. The molecule has 21 heavy (non-hydrogen) atoms. The van der Waals surface area contributed by atoms with Crippen LogP contribution in [-0.4, -0.2) is 33.2 Å². The molecule has 0 fully saturated rings. The van der Waals surface area contributed by atoms with Crippen LogP contribution >= 0.6 is 0 Å². The number of primary amides is 1. The molecule has 1 heterocycles. The third-order valence-electron chi connectivity index (χ3n) is 2.74. The van der Waals surface area contributed by atoms with Gasteiger partial charge in [-0.25, -0.2) is 4.98 Å². The second-order valence-electron chi connectivity index (χ2n) is 4.46. The Bertz CT molecular complexity index is 645. The molecule has 2 rings (SSSR count). The number of hydrogen-bond donors (Lipinski definition) is 2. The number of rotatable bonds is 5. The van der Waals surface area contributed by atoms with Crippen LogP contribution in [-0.2, 0) is 11.3 Å². The molecular formula is C14H15N5O2. The van der Waals surface area contributed by atoms with Gasteiger partial charge in [0.15, 0.2) is 0 Å². The zero-order valence-corrected chi connectivity index (χ0v) is 11.3. The van der Waals surface area contributed by atoms with E-state index in [1.54, 1.807) is 18.2 Å². The van der Waals surface area contributed by atoms with Crippen molar-refractivity contribution in [2.24, 2.45) is 5.73 Å². The van der Waals surface area contributed by atoms with Crippen molar-refractivity contribution in [3.8, 4) is 0 Å². The largest absolute Gasteiger partial charge is 0.399 e. The molecule has 0 saturated carbocycles. The maximum atomic E-state index is 12.4. The highest BCUT2D eigenvalue weighted by Crippen LogP contribution is 2.11. The zero-order valence-electron chi connectivity index (χ0n) is 11.3. The van der Waals surface area contributed by atoms with E-state index in [1.165, 1.54) is 23.5 Å². The maximum absolute atomic E-state index is 12.4. The lowest BCUT2D eigenvalue weighted by atomic mass is 10.2. The van der Waals surface area contributed by atoms with Crippen LogP contribution in [0.5, 0.6) is 0 Å². The van der Waals surface area contributed by atoms with Gasteiger partial charge in [0.25, 0.3) is 5.91 Å². The summed E-state index contributed by atoms with van der Waals surface area (Å²) in [5.41, 5.74) is 12.4. The van der Waals surface area contributed by atoms with Gasteiger partial charge >= 0.3 is 0 Å². The summed E-state index contributed by atoms with van der Waals surface area (Å²) in [6.45, 7) is 0.00753. The van der Waals surface area contributed by atoms with E-state index < -0.39 is 11.8 Å². The number of nitrogens with two attached hydrogens (primary N) is 2. The van der Waals surface area contributed by atoms with E-state index in [9.17, 15) is 9.59 Å². The van der Waals surface area contributed by atoms with Crippen molar-refractivity contribution in [3.05, 3.63) is 54.1 Å². The predicted octanol–water partition coefficient (Wildman–Crippen LogP) is 0.186.